The van der Waals surface area contributed by atoms with Crippen molar-refractivity contribution < 1.29 is 9.53 Å². The van der Waals surface area contributed by atoms with Gasteiger partial charge < -0.3 is 10.1 Å². The van der Waals surface area contributed by atoms with Crippen LogP contribution in [0.2, 0.25) is 0 Å². The monoisotopic (exact) mass is 259 g/mol. The van der Waals surface area contributed by atoms with Gasteiger partial charge in [0.1, 0.15) is 5.75 Å². The van der Waals surface area contributed by atoms with Crippen molar-refractivity contribution in [1.29, 1.82) is 0 Å². The van der Waals surface area contributed by atoms with Gasteiger partial charge in [-0.2, -0.15) is 0 Å². The molecule has 0 radical (unpaired) electrons. The minimum Gasteiger partial charge on any atom is -0.493 e. The first kappa shape index (κ1) is 12.5. The summed E-state index contributed by atoms with van der Waals surface area (Å²) >= 11 is 0. The molecular weight excluding hydrogens is 238 g/mol. The van der Waals surface area contributed by atoms with E-state index in [2.05, 4.69) is 5.32 Å². The molecule has 1 heterocycles. The van der Waals surface area contributed by atoms with Gasteiger partial charge in [-0.05, 0) is 36.1 Å². The van der Waals surface area contributed by atoms with E-state index in [0.717, 1.165) is 48.8 Å². The van der Waals surface area contributed by atoms with Gasteiger partial charge in [-0.1, -0.05) is 25.7 Å². The van der Waals surface area contributed by atoms with Crippen molar-refractivity contribution in [2.24, 2.45) is 5.92 Å². The highest BCUT2D eigenvalue weighted by Gasteiger charge is 2.16. The fourth-order valence-corrected chi connectivity index (χ4v) is 3.12. The average Bonchev–Trinajstić information content (AvgIpc) is 3.08. The second-order valence-corrected chi connectivity index (χ2v) is 5.62. The molecular formula is C16H21NO2. The lowest BCUT2D eigenvalue weighted by Crippen LogP contribution is -2.25. The Labute approximate surface area is 114 Å². The number of hydrogen-bond acceptors (Lipinski definition) is 2. The van der Waals surface area contributed by atoms with E-state index in [1.54, 1.807) is 0 Å². The Morgan fingerprint density at radius 3 is 3.00 bits per heavy atom. The van der Waals surface area contributed by atoms with E-state index in [4.69, 9.17) is 4.74 Å². The first-order valence-corrected chi connectivity index (χ1v) is 7.37. The molecule has 1 aliphatic carbocycles. The summed E-state index contributed by atoms with van der Waals surface area (Å²) in [5.74, 6) is 1.81. The Morgan fingerprint density at radius 1 is 1.32 bits per heavy atom. The van der Waals surface area contributed by atoms with Crippen molar-refractivity contribution in [2.75, 3.05) is 13.2 Å². The normalized spacial score (nSPS) is 18.1. The number of ether oxygens (including phenoxy) is 1. The molecule has 3 nitrogen and oxygen atoms in total. The van der Waals surface area contributed by atoms with Crippen LogP contribution in [0.1, 0.15) is 48.0 Å². The summed E-state index contributed by atoms with van der Waals surface area (Å²) < 4.78 is 5.45. The molecule has 1 aromatic rings. The third kappa shape index (κ3) is 2.91. The van der Waals surface area contributed by atoms with Crippen molar-refractivity contribution in [1.82, 2.24) is 5.32 Å². The van der Waals surface area contributed by atoms with E-state index < -0.39 is 0 Å². The van der Waals surface area contributed by atoms with E-state index in [9.17, 15) is 4.79 Å². The first-order valence-electron chi connectivity index (χ1n) is 7.37. The highest BCUT2D eigenvalue weighted by atomic mass is 16.5. The van der Waals surface area contributed by atoms with Gasteiger partial charge in [0, 0.05) is 18.5 Å². The number of carbonyl (C=O) groups excluding carboxylic acids is 1. The molecule has 1 aromatic carbocycles. The number of fused-ring (bicyclic) bond motifs is 1. The summed E-state index contributed by atoms with van der Waals surface area (Å²) in [6.45, 7) is 1.54. The number of nitrogens with one attached hydrogen (secondary N) is 1. The molecule has 0 bridgehead atoms. The third-order valence-electron chi connectivity index (χ3n) is 4.26. The van der Waals surface area contributed by atoms with Crippen LogP contribution < -0.4 is 10.1 Å². The van der Waals surface area contributed by atoms with Gasteiger partial charge in [-0.15, -0.1) is 0 Å². The van der Waals surface area contributed by atoms with Gasteiger partial charge in [0.05, 0.1) is 6.61 Å². The summed E-state index contributed by atoms with van der Waals surface area (Å²) in [4.78, 5) is 12.1. The molecule has 0 aromatic heterocycles. The largest absolute Gasteiger partial charge is 0.493 e. The second-order valence-electron chi connectivity index (χ2n) is 5.62. The van der Waals surface area contributed by atoms with Crippen LogP contribution in [-0.4, -0.2) is 19.1 Å². The Morgan fingerprint density at radius 2 is 2.16 bits per heavy atom. The molecule has 1 fully saturated rings. The minimum absolute atomic E-state index is 0.0488. The second kappa shape index (κ2) is 5.64. The molecule has 1 saturated carbocycles. The summed E-state index contributed by atoms with van der Waals surface area (Å²) in [6, 6.07) is 5.73. The van der Waals surface area contributed by atoms with Crippen LogP contribution in [0.25, 0.3) is 0 Å². The lowest BCUT2D eigenvalue weighted by Gasteiger charge is -2.10. The van der Waals surface area contributed by atoms with Crippen LogP contribution in [0.5, 0.6) is 5.75 Å². The lowest BCUT2D eigenvalue weighted by molar-refractivity contribution is 0.0951. The number of amides is 1. The molecule has 2 aliphatic rings. The third-order valence-corrected chi connectivity index (χ3v) is 4.26. The summed E-state index contributed by atoms with van der Waals surface area (Å²) in [6.07, 6.45) is 7.45. The van der Waals surface area contributed by atoms with Crippen LogP contribution in [0.4, 0.5) is 0 Å². The van der Waals surface area contributed by atoms with Crippen LogP contribution >= 0.6 is 0 Å². The Kier molecular flexibility index (Phi) is 3.72. The quantitative estimate of drug-likeness (QED) is 0.903. The molecule has 0 unspecified atom stereocenters. The minimum atomic E-state index is 0.0488. The zero-order chi connectivity index (χ0) is 13.1. The average molecular weight is 259 g/mol. The molecule has 3 heteroatoms. The van der Waals surface area contributed by atoms with Crippen LogP contribution in [-0.2, 0) is 6.42 Å². The SMILES string of the molecule is O=C(NCCC1CCCC1)c1ccc2c(c1)CCO2. The van der Waals surface area contributed by atoms with Crippen molar-refractivity contribution in [2.45, 2.75) is 38.5 Å². The van der Waals surface area contributed by atoms with Crippen molar-refractivity contribution in [3.05, 3.63) is 29.3 Å². The van der Waals surface area contributed by atoms with E-state index in [0.29, 0.717) is 0 Å². The van der Waals surface area contributed by atoms with Crippen LogP contribution in [0, 0.1) is 5.92 Å². The molecule has 0 atom stereocenters. The van der Waals surface area contributed by atoms with Gasteiger partial charge in [-0.3, -0.25) is 4.79 Å². The maximum atomic E-state index is 12.1. The number of benzene rings is 1. The topological polar surface area (TPSA) is 38.3 Å². The maximum absolute atomic E-state index is 12.1. The van der Waals surface area contributed by atoms with Crippen molar-refractivity contribution in [3.8, 4) is 5.75 Å². The van der Waals surface area contributed by atoms with E-state index in [1.807, 2.05) is 18.2 Å². The fourth-order valence-electron chi connectivity index (χ4n) is 3.12. The molecule has 3 rings (SSSR count). The molecule has 1 aliphatic heterocycles. The molecule has 0 saturated heterocycles. The summed E-state index contributed by atoms with van der Waals surface area (Å²) in [5, 5.41) is 3.04. The predicted octanol–water partition coefficient (Wildman–Crippen LogP) is 2.93. The van der Waals surface area contributed by atoms with Crippen LogP contribution in [0.15, 0.2) is 18.2 Å². The first-order chi connectivity index (χ1) is 9.33. The summed E-state index contributed by atoms with van der Waals surface area (Å²) in [7, 11) is 0. The molecule has 0 spiro atoms. The highest BCUT2D eigenvalue weighted by molar-refractivity contribution is 5.94. The Balaban J connectivity index is 1.52. The highest BCUT2D eigenvalue weighted by Crippen LogP contribution is 2.27. The van der Waals surface area contributed by atoms with Gasteiger partial charge >= 0.3 is 0 Å². The van der Waals surface area contributed by atoms with Gasteiger partial charge in [-0.25, -0.2) is 0 Å². The molecule has 102 valence electrons. The van der Waals surface area contributed by atoms with E-state index in [1.165, 1.54) is 25.7 Å². The van der Waals surface area contributed by atoms with Crippen LogP contribution in [0.3, 0.4) is 0 Å². The van der Waals surface area contributed by atoms with Gasteiger partial charge in [0.2, 0.25) is 0 Å². The fraction of sp³-hybridized carbons (Fsp3) is 0.562. The summed E-state index contributed by atoms with van der Waals surface area (Å²) in [5.41, 5.74) is 1.92. The number of rotatable bonds is 4. The van der Waals surface area contributed by atoms with Gasteiger partial charge in [0.25, 0.3) is 5.91 Å². The Hall–Kier alpha value is -1.51. The standard InChI is InChI=1S/C16H21NO2/c18-16(17-9-7-12-3-1-2-4-12)14-5-6-15-13(11-14)8-10-19-15/h5-6,11-12H,1-4,7-10H2,(H,17,18). The van der Waals surface area contributed by atoms with Gasteiger partial charge in [0.15, 0.2) is 0 Å². The smallest absolute Gasteiger partial charge is 0.251 e. The number of carbonyl (C=O) groups is 1. The van der Waals surface area contributed by atoms with E-state index >= 15 is 0 Å². The zero-order valence-corrected chi connectivity index (χ0v) is 11.3. The molecule has 1 amide bonds. The maximum Gasteiger partial charge on any atom is 0.251 e. The lowest BCUT2D eigenvalue weighted by atomic mass is 10.0. The predicted molar refractivity (Wildman–Crippen MR) is 74.5 cm³/mol. The zero-order valence-electron chi connectivity index (χ0n) is 11.3. The van der Waals surface area contributed by atoms with Crippen molar-refractivity contribution in [3.63, 3.8) is 0 Å². The van der Waals surface area contributed by atoms with E-state index in [-0.39, 0.29) is 5.91 Å². The molecule has 1 N–H and O–H groups in total. The number of hydrogen-bond donors (Lipinski definition) is 1. The van der Waals surface area contributed by atoms with Crippen molar-refractivity contribution >= 4 is 5.91 Å². The molecule has 19 heavy (non-hydrogen) atoms. The Bertz CT molecular complexity index is 464.